The van der Waals surface area contributed by atoms with Gasteiger partial charge in [0, 0.05) is 32.1 Å². The van der Waals surface area contributed by atoms with Gasteiger partial charge in [0.25, 0.3) is 0 Å². The van der Waals surface area contributed by atoms with Crippen LogP contribution in [0.1, 0.15) is 33.1 Å². The van der Waals surface area contributed by atoms with E-state index in [1.165, 1.54) is 0 Å². The molecular formula is C12H20N2O2. The maximum atomic E-state index is 11.6. The summed E-state index contributed by atoms with van der Waals surface area (Å²) in [6.45, 7) is 5.92. The van der Waals surface area contributed by atoms with Gasteiger partial charge in [-0.3, -0.25) is 9.59 Å². The second-order valence-corrected chi connectivity index (χ2v) is 4.35. The predicted molar refractivity (Wildman–Crippen MR) is 62.9 cm³/mol. The van der Waals surface area contributed by atoms with Crippen LogP contribution in [0.5, 0.6) is 0 Å². The fourth-order valence-electron chi connectivity index (χ4n) is 1.73. The topological polar surface area (TPSA) is 49.4 Å². The highest BCUT2D eigenvalue weighted by Crippen LogP contribution is 2.08. The second-order valence-electron chi connectivity index (χ2n) is 4.35. The molecule has 1 heterocycles. The van der Waals surface area contributed by atoms with Crippen LogP contribution in [0.2, 0.25) is 0 Å². The van der Waals surface area contributed by atoms with Crippen LogP contribution >= 0.6 is 0 Å². The number of amides is 2. The van der Waals surface area contributed by atoms with Crippen LogP contribution in [0, 0.1) is 0 Å². The minimum absolute atomic E-state index is 0.116. The molecule has 0 unspecified atom stereocenters. The van der Waals surface area contributed by atoms with Gasteiger partial charge >= 0.3 is 0 Å². The third kappa shape index (κ3) is 4.47. The van der Waals surface area contributed by atoms with Crippen molar-refractivity contribution in [3.05, 3.63) is 11.6 Å². The van der Waals surface area contributed by atoms with Crippen LogP contribution in [0.15, 0.2) is 11.6 Å². The molecule has 1 saturated heterocycles. The van der Waals surface area contributed by atoms with Crippen LogP contribution in [0.25, 0.3) is 0 Å². The van der Waals surface area contributed by atoms with Crippen molar-refractivity contribution in [2.45, 2.75) is 33.1 Å². The van der Waals surface area contributed by atoms with E-state index in [0.717, 1.165) is 31.5 Å². The summed E-state index contributed by atoms with van der Waals surface area (Å²) in [5.74, 6) is 0.0317. The first-order chi connectivity index (χ1) is 7.59. The number of hydrogen-bond acceptors (Lipinski definition) is 2. The summed E-state index contributed by atoms with van der Waals surface area (Å²) < 4.78 is 0. The summed E-state index contributed by atoms with van der Waals surface area (Å²) in [5.41, 5.74) is 0.961. The lowest BCUT2D eigenvalue weighted by Gasteiger charge is -2.14. The monoisotopic (exact) mass is 224 g/mol. The van der Waals surface area contributed by atoms with Crippen molar-refractivity contribution in [1.82, 2.24) is 10.2 Å². The summed E-state index contributed by atoms with van der Waals surface area (Å²) in [4.78, 5) is 24.7. The Morgan fingerprint density at radius 2 is 1.88 bits per heavy atom. The van der Waals surface area contributed by atoms with Gasteiger partial charge < -0.3 is 10.2 Å². The quantitative estimate of drug-likeness (QED) is 0.726. The van der Waals surface area contributed by atoms with E-state index in [-0.39, 0.29) is 11.8 Å². The van der Waals surface area contributed by atoms with Gasteiger partial charge in [-0.15, -0.1) is 0 Å². The van der Waals surface area contributed by atoms with E-state index in [1.54, 1.807) is 6.08 Å². The molecule has 0 aromatic carbocycles. The van der Waals surface area contributed by atoms with Gasteiger partial charge in [0.2, 0.25) is 11.8 Å². The molecule has 0 spiro atoms. The van der Waals surface area contributed by atoms with Gasteiger partial charge in [-0.25, -0.2) is 0 Å². The molecule has 0 aromatic rings. The Morgan fingerprint density at radius 1 is 1.25 bits per heavy atom. The molecule has 0 aliphatic carbocycles. The number of nitrogens with one attached hydrogen (secondary N) is 1. The zero-order valence-corrected chi connectivity index (χ0v) is 10.1. The zero-order chi connectivity index (χ0) is 12.0. The first-order valence-electron chi connectivity index (χ1n) is 5.80. The summed E-state index contributed by atoms with van der Waals surface area (Å²) in [5, 5.41) is 2.71. The molecular weight excluding hydrogens is 204 g/mol. The van der Waals surface area contributed by atoms with Crippen molar-refractivity contribution in [3.63, 3.8) is 0 Å². The molecule has 90 valence electrons. The fourth-order valence-corrected chi connectivity index (χ4v) is 1.73. The highest BCUT2D eigenvalue weighted by Gasteiger charge is 2.16. The van der Waals surface area contributed by atoms with Crippen LogP contribution in [-0.4, -0.2) is 36.3 Å². The highest BCUT2D eigenvalue weighted by atomic mass is 16.2. The van der Waals surface area contributed by atoms with Gasteiger partial charge in [0.15, 0.2) is 0 Å². The maximum Gasteiger partial charge on any atom is 0.243 e. The molecule has 1 rings (SSSR count). The van der Waals surface area contributed by atoms with Gasteiger partial charge in [-0.1, -0.05) is 5.57 Å². The zero-order valence-electron chi connectivity index (χ0n) is 10.1. The lowest BCUT2D eigenvalue weighted by molar-refractivity contribution is -0.130. The summed E-state index contributed by atoms with van der Waals surface area (Å²) in [6, 6.07) is 0. The second kappa shape index (κ2) is 6.30. The van der Waals surface area contributed by atoms with E-state index < -0.39 is 0 Å². The van der Waals surface area contributed by atoms with Crippen molar-refractivity contribution < 1.29 is 9.59 Å². The molecule has 4 heteroatoms. The van der Waals surface area contributed by atoms with Crippen LogP contribution in [-0.2, 0) is 9.59 Å². The first-order valence-corrected chi connectivity index (χ1v) is 5.80. The van der Waals surface area contributed by atoms with E-state index in [1.807, 2.05) is 18.7 Å². The van der Waals surface area contributed by atoms with Crippen molar-refractivity contribution >= 4 is 11.8 Å². The van der Waals surface area contributed by atoms with Crippen molar-refractivity contribution in [2.24, 2.45) is 0 Å². The molecule has 1 fully saturated rings. The molecule has 4 nitrogen and oxygen atoms in total. The largest absolute Gasteiger partial charge is 0.352 e. The van der Waals surface area contributed by atoms with Crippen LogP contribution < -0.4 is 5.32 Å². The third-order valence-corrected chi connectivity index (χ3v) is 2.52. The maximum absolute atomic E-state index is 11.6. The molecule has 1 aliphatic rings. The lowest BCUT2D eigenvalue weighted by atomic mass is 10.3. The number of carbonyl (C=O) groups excluding carboxylic acids is 2. The number of allylic oxidation sites excluding steroid dienone is 1. The average molecular weight is 224 g/mol. The molecule has 1 aliphatic heterocycles. The van der Waals surface area contributed by atoms with Crippen LogP contribution in [0.4, 0.5) is 0 Å². The lowest BCUT2D eigenvalue weighted by Crippen LogP contribution is -2.32. The van der Waals surface area contributed by atoms with Gasteiger partial charge in [-0.05, 0) is 26.7 Å². The minimum atomic E-state index is -0.116. The third-order valence-electron chi connectivity index (χ3n) is 2.52. The molecule has 0 atom stereocenters. The van der Waals surface area contributed by atoms with Gasteiger partial charge in [0.1, 0.15) is 0 Å². The molecule has 16 heavy (non-hydrogen) atoms. The number of carbonyl (C=O) groups is 2. The Labute approximate surface area is 96.7 Å². The van der Waals surface area contributed by atoms with Gasteiger partial charge in [0.05, 0.1) is 0 Å². The normalized spacial score (nSPS) is 14.8. The standard InChI is InChI=1S/C12H20N2O2/c1-10(2)9-11(15)13-6-5-12(16)14-7-3-4-8-14/h9H,3-8H2,1-2H3,(H,13,15). The van der Waals surface area contributed by atoms with Crippen molar-refractivity contribution in [2.75, 3.05) is 19.6 Å². The number of likely N-dealkylation sites (tertiary alicyclic amines) is 1. The number of hydrogen-bond donors (Lipinski definition) is 1. The Kier molecular flexibility index (Phi) is 5.02. The Morgan fingerprint density at radius 3 is 2.44 bits per heavy atom. The SMILES string of the molecule is CC(C)=CC(=O)NCCC(=O)N1CCCC1. The molecule has 2 amide bonds. The average Bonchev–Trinajstić information content (AvgIpc) is 2.68. The fraction of sp³-hybridized carbons (Fsp3) is 0.667. The van der Waals surface area contributed by atoms with E-state index in [2.05, 4.69) is 5.32 Å². The Hall–Kier alpha value is -1.32. The number of rotatable bonds is 4. The van der Waals surface area contributed by atoms with Gasteiger partial charge in [-0.2, -0.15) is 0 Å². The molecule has 0 aromatic heterocycles. The van der Waals surface area contributed by atoms with Crippen molar-refractivity contribution in [3.8, 4) is 0 Å². The van der Waals surface area contributed by atoms with E-state index in [0.29, 0.717) is 13.0 Å². The van der Waals surface area contributed by atoms with E-state index in [9.17, 15) is 9.59 Å². The Balaban J connectivity index is 2.17. The number of nitrogens with zero attached hydrogens (tertiary/aromatic N) is 1. The summed E-state index contributed by atoms with van der Waals surface area (Å²) in [7, 11) is 0. The molecule has 0 radical (unpaired) electrons. The van der Waals surface area contributed by atoms with E-state index >= 15 is 0 Å². The predicted octanol–water partition coefficient (Wildman–Crippen LogP) is 1.08. The Bertz CT molecular complexity index is 287. The smallest absolute Gasteiger partial charge is 0.243 e. The highest BCUT2D eigenvalue weighted by molar-refractivity contribution is 5.88. The first kappa shape index (κ1) is 12.7. The van der Waals surface area contributed by atoms with Crippen molar-refractivity contribution in [1.29, 1.82) is 0 Å². The molecule has 0 saturated carbocycles. The van der Waals surface area contributed by atoms with Crippen LogP contribution in [0.3, 0.4) is 0 Å². The molecule has 0 bridgehead atoms. The minimum Gasteiger partial charge on any atom is -0.352 e. The molecule has 1 N–H and O–H groups in total. The van der Waals surface area contributed by atoms with E-state index in [4.69, 9.17) is 0 Å². The summed E-state index contributed by atoms with van der Waals surface area (Å²) in [6.07, 6.45) is 4.16. The summed E-state index contributed by atoms with van der Waals surface area (Å²) >= 11 is 0.